The van der Waals surface area contributed by atoms with Crippen LogP contribution in [-0.2, 0) is 0 Å². The Kier molecular flexibility index (Phi) is 4.98. The zero-order valence-corrected chi connectivity index (χ0v) is 9.84. The van der Waals surface area contributed by atoms with Crippen molar-refractivity contribution in [2.75, 3.05) is 7.05 Å². The Balaban J connectivity index is 2.37. The van der Waals surface area contributed by atoms with Crippen molar-refractivity contribution in [1.29, 1.82) is 0 Å². The van der Waals surface area contributed by atoms with Crippen LogP contribution in [0.15, 0.2) is 29.4 Å². The number of hydrogen-bond donors (Lipinski definition) is 1. The largest absolute Gasteiger partial charge is 0.317 e. The molecule has 1 aromatic heterocycles. The maximum atomic E-state index is 4.00. The molecule has 0 fully saturated rings. The van der Waals surface area contributed by atoms with Gasteiger partial charge in [-0.15, -0.1) is 11.8 Å². The molecule has 0 bridgehead atoms. The Morgan fingerprint density at radius 2 is 2.00 bits per heavy atom. The highest BCUT2D eigenvalue weighted by Crippen LogP contribution is 2.24. The standard InChI is InChI=1S/C11H18N2S/c1-9(12-3)8-10(2)14-11-4-6-13-7-5-11/h4-7,9-10,12H,8H2,1-3H3. The van der Waals surface area contributed by atoms with Gasteiger partial charge in [-0.05, 0) is 32.5 Å². The van der Waals surface area contributed by atoms with Crippen LogP contribution in [0, 0.1) is 0 Å². The first-order valence-corrected chi connectivity index (χ1v) is 5.84. The highest BCUT2D eigenvalue weighted by atomic mass is 32.2. The molecule has 1 rings (SSSR count). The van der Waals surface area contributed by atoms with Crippen molar-refractivity contribution in [2.24, 2.45) is 0 Å². The molecule has 0 aromatic carbocycles. The van der Waals surface area contributed by atoms with E-state index in [1.54, 1.807) is 0 Å². The molecule has 0 saturated carbocycles. The zero-order chi connectivity index (χ0) is 10.4. The van der Waals surface area contributed by atoms with E-state index >= 15 is 0 Å². The van der Waals surface area contributed by atoms with Crippen molar-refractivity contribution in [1.82, 2.24) is 10.3 Å². The summed E-state index contributed by atoms with van der Waals surface area (Å²) in [5.41, 5.74) is 0. The molecule has 3 heteroatoms. The van der Waals surface area contributed by atoms with Crippen molar-refractivity contribution in [2.45, 2.75) is 36.5 Å². The summed E-state index contributed by atoms with van der Waals surface area (Å²) in [5, 5.41) is 3.89. The average Bonchev–Trinajstić information content (AvgIpc) is 2.19. The Morgan fingerprint density at radius 3 is 2.57 bits per heavy atom. The molecule has 1 N–H and O–H groups in total. The van der Waals surface area contributed by atoms with E-state index in [9.17, 15) is 0 Å². The van der Waals surface area contributed by atoms with Gasteiger partial charge >= 0.3 is 0 Å². The van der Waals surface area contributed by atoms with Gasteiger partial charge in [-0.2, -0.15) is 0 Å². The molecule has 2 unspecified atom stereocenters. The second-order valence-electron chi connectivity index (χ2n) is 3.54. The Morgan fingerprint density at radius 1 is 1.36 bits per heavy atom. The lowest BCUT2D eigenvalue weighted by molar-refractivity contribution is 0.564. The monoisotopic (exact) mass is 210 g/mol. The summed E-state index contributed by atoms with van der Waals surface area (Å²) in [7, 11) is 2.01. The topological polar surface area (TPSA) is 24.9 Å². The van der Waals surface area contributed by atoms with Crippen LogP contribution >= 0.6 is 11.8 Å². The predicted octanol–water partition coefficient (Wildman–Crippen LogP) is 2.56. The van der Waals surface area contributed by atoms with Crippen molar-refractivity contribution in [3.63, 3.8) is 0 Å². The number of thioether (sulfide) groups is 1. The molecule has 0 saturated heterocycles. The van der Waals surface area contributed by atoms with E-state index in [2.05, 4.69) is 36.3 Å². The van der Waals surface area contributed by atoms with E-state index in [1.807, 2.05) is 31.2 Å². The lowest BCUT2D eigenvalue weighted by Gasteiger charge is -2.15. The minimum atomic E-state index is 0.583. The molecule has 0 aliphatic rings. The van der Waals surface area contributed by atoms with Crippen molar-refractivity contribution >= 4 is 11.8 Å². The van der Waals surface area contributed by atoms with Gasteiger partial charge in [0, 0.05) is 28.6 Å². The fourth-order valence-corrected chi connectivity index (χ4v) is 2.44. The van der Waals surface area contributed by atoms with Crippen molar-refractivity contribution in [3.05, 3.63) is 24.5 Å². The lowest BCUT2D eigenvalue weighted by Crippen LogP contribution is -2.24. The quantitative estimate of drug-likeness (QED) is 0.756. The fraction of sp³-hybridized carbons (Fsp3) is 0.545. The van der Waals surface area contributed by atoms with E-state index in [0.29, 0.717) is 11.3 Å². The number of pyridine rings is 1. The van der Waals surface area contributed by atoms with E-state index in [-0.39, 0.29) is 0 Å². The fourth-order valence-electron chi connectivity index (χ4n) is 1.31. The van der Waals surface area contributed by atoms with E-state index in [4.69, 9.17) is 0 Å². The summed E-state index contributed by atoms with van der Waals surface area (Å²) in [5.74, 6) is 0. The molecule has 0 amide bonds. The molecule has 78 valence electrons. The van der Waals surface area contributed by atoms with Gasteiger partial charge in [0.25, 0.3) is 0 Å². The smallest absolute Gasteiger partial charge is 0.0278 e. The molecule has 14 heavy (non-hydrogen) atoms. The number of aromatic nitrogens is 1. The Hall–Kier alpha value is -0.540. The van der Waals surface area contributed by atoms with Gasteiger partial charge in [0.05, 0.1) is 0 Å². The van der Waals surface area contributed by atoms with Crippen molar-refractivity contribution < 1.29 is 0 Å². The van der Waals surface area contributed by atoms with Gasteiger partial charge in [-0.25, -0.2) is 0 Å². The summed E-state index contributed by atoms with van der Waals surface area (Å²) in [6.07, 6.45) is 4.87. The minimum Gasteiger partial charge on any atom is -0.317 e. The molecule has 2 atom stereocenters. The summed E-state index contributed by atoms with van der Waals surface area (Å²) in [6.45, 7) is 4.47. The SMILES string of the molecule is CNC(C)CC(C)Sc1ccncc1. The van der Waals surface area contributed by atoms with E-state index < -0.39 is 0 Å². The second-order valence-corrected chi connectivity index (χ2v) is 5.05. The second kappa shape index (κ2) is 6.04. The predicted molar refractivity (Wildman–Crippen MR) is 62.7 cm³/mol. The van der Waals surface area contributed by atoms with Crippen molar-refractivity contribution in [3.8, 4) is 0 Å². The molecular weight excluding hydrogens is 192 g/mol. The third kappa shape index (κ3) is 4.11. The highest BCUT2D eigenvalue weighted by molar-refractivity contribution is 7.99. The first-order valence-electron chi connectivity index (χ1n) is 4.96. The van der Waals surface area contributed by atoms with Crippen LogP contribution in [0.3, 0.4) is 0 Å². The molecule has 1 heterocycles. The zero-order valence-electron chi connectivity index (χ0n) is 9.03. The first-order chi connectivity index (χ1) is 6.72. The van der Waals surface area contributed by atoms with Gasteiger partial charge in [0.15, 0.2) is 0 Å². The molecule has 0 aliphatic carbocycles. The normalized spacial score (nSPS) is 15.1. The third-order valence-electron chi connectivity index (χ3n) is 2.17. The van der Waals surface area contributed by atoms with Crippen LogP contribution in [0.1, 0.15) is 20.3 Å². The van der Waals surface area contributed by atoms with Gasteiger partial charge in [0.2, 0.25) is 0 Å². The third-order valence-corrected chi connectivity index (χ3v) is 3.30. The summed E-state index contributed by atoms with van der Waals surface area (Å²) in [6, 6.07) is 4.70. The van der Waals surface area contributed by atoms with Gasteiger partial charge in [-0.1, -0.05) is 6.92 Å². The molecule has 2 nitrogen and oxygen atoms in total. The number of hydrogen-bond acceptors (Lipinski definition) is 3. The molecule has 1 aromatic rings. The summed E-state index contributed by atoms with van der Waals surface area (Å²) >= 11 is 1.91. The number of rotatable bonds is 5. The highest BCUT2D eigenvalue weighted by Gasteiger charge is 2.07. The van der Waals surface area contributed by atoms with Crippen LogP contribution in [0.2, 0.25) is 0 Å². The summed E-state index contributed by atoms with van der Waals surface area (Å²) < 4.78 is 0. The maximum absolute atomic E-state index is 4.00. The van der Waals surface area contributed by atoms with Crippen LogP contribution < -0.4 is 5.32 Å². The Bertz CT molecular complexity index is 251. The Labute approximate surface area is 90.5 Å². The molecule has 0 radical (unpaired) electrons. The molecular formula is C11H18N2S. The summed E-state index contributed by atoms with van der Waals surface area (Å²) in [4.78, 5) is 5.31. The maximum Gasteiger partial charge on any atom is 0.0278 e. The van der Waals surface area contributed by atoms with Gasteiger partial charge in [-0.3, -0.25) is 4.98 Å². The van der Waals surface area contributed by atoms with E-state index in [1.165, 1.54) is 11.3 Å². The number of nitrogens with one attached hydrogen (secondary N) is 1. The minimum absolute atomic E-state index is 0.583. The average molecular weight is 210 g/mol. The van der Waals surface area contributed by atoms with Crippen LogP contribution in [-0.4, -0.2) is 23.3 Å². The molecule has 0 aliphatic heterocycles. The molecule has 0 spiro atoms. The lowest BCUT2D eigenvalue weighted by atomic mass is 10.2. The number of nitrogens with zero attached hydrogens (tertiary/aromatic N) is 1. The van der Waals surface area contributed by atoms with Gasteiger partial charge in [0.1, 0.15) is 0 Å². The van der Waals surface area contributed by atoms with Crippen LogP contribution in [0.25, 0.3) is 0 Å². The van der Waals surface area contributed by atoms with Crippen LogP contribution in [0.4, 0.5) is 0 Å². The van der Waals surface area contributed by atoms with Crippen LogP contribution in [0.5, 0.6) is 0 Å². The first kappa shape index (κ1) is 11.5. The van der Waals surface area contributed by atoms with Gasteiger partial charge < -0.3 is 5.32 Å². The van der Waals surface area contributed by atoms with E-state index in [0.717, 1.165) is 0 Å².